The summed E-state index contributed by atoms with van der Waals surface area (Å²) in [7, 11) is -3.30. The van der Waals surface area contributed by atoms with Gasteiger partial charge in [-0.25, -0.2) is 18.1 Å². The molecule has 1 aromatic heterocycles. The Bertz CT molecular complexity index is 1190. The van der Waals surface area contributed by atoms with Gasteiger partial charge in [-0.1, -0.05) is 48.5 Å². The van der Waals surface area contributed by atoms with Crippen LogP contribution in [-0.4, -0.2) is 31.7 Å². The molecule has 33 heavy (non-hydrogen) atoms. The van der Waals surface area contributed by atoms with E-state index in [1.165, 1.54) is 15.3 Å². The van der Waals surface area contributed by atoms with Gasteiger partial charge in [-0.2, -0.15) is 0 Å². The number of sulfonamides is 1. The fraction of sp³-hybridized carbons (Fsp3) is 0.400. The van der Waals surface area contributed by atoms with E-state index in [1.54, 1.807) is 11.3 Å². The predicted molar refractivity (Wildman–Crippen MR) is 138 cm³/mol. The Balaban J connectivity index is 1.13. The Kier molecular flexibility index (Phi) is 7.06. The summed E-state index contributed by atoms with van der Waals surface area (Å²) >= 11 is 3.71. The van der Waals surface area contributed by atoms with Gasteiger partial charge < -0.3 is 5.32 Å². The molecule has 3 aromatic rings. The van der Waals surface area contributed by atoms with E-state index >= 15 is 0 Å². The number of rotatable bonds is 7. The summed E-state index contributed by atoms with van der Waals surface area (Å²) in [6, 6.07) is 18.3. The summed E-state index contributed by atoms with van der Waals surface area (Å²) in [4.78, 5) is 7.67. The molecule has 0 atom stereocenters. The molecule has 2 aromatic carbocycles. The highest BCUT2D eigenvalue weighted by Crippen LogP contribution is 2.41. The lowest BCUT2D eigenvalue weighted by atomic mass is 9.86. The minimum Gasteiger partial charge on any atom is -0.359 e. The third-order valence-electron chi connectivity index (χ3n) is 6.39. The summed E-state index contributed by atoms with van der Waals surface area (Å²) in [6.07, 6.45) is 5.19. The van der Waals surface area contributed by atoms with Crippen LogP contribution in [-0.2, 0) is 22.2 Å². The molecule has 2 N–H and O–H groups in total. The zero-order chi connectivity index (χ0) is 22.7. The number of hydrogen-bond donors (Lipinski definition) is 2. The largest absolute Gasteiger partial charge is 0.359 e. The van der Waals surface area contributed by atoms with Gasteiger partial charge in [-0.3, -0.25) is 0 Å². The van der Waals surface area contributed by atoms with Gasteiger partial charge >= 0.3 is 0 Å². The lowest BCUT2D eigenvalue weighted by molar-refractivity contribution is 0.337. The Morgan fingerprint density at radius 1 is 0.970 bits per heavy atom. The second-order valence-electron chi connectivity index (χ2n) is 8.84. The van der Waals surface area contributed by atoms with Gasteiger partial charge in [0.25, 0.3) is 0 Å². The Morgan fingerprint density at radius 2 is 1.73 bits per heavy atom. The number of anilines is 1. The molecule has 174 valence electrons. The first-order valence-electron chi connectivity index (χ1n) is 11.6. The molecule has 0 radical (unpaired) electrons. The first-order valence-corrected chi connectivity index (χ1v) is 15.0. The van der Waals surface area contributed by atoms with Gasteiger partial charge in [0, 0.05) is 33.7 Å². The van der Waals surface area contributed by atoms with Crippen molar-refractivity contribution in [1.29, 1.82) is 0 Å². The molecule has 0 amide bonds. The number of hydrogen-bond acceptors (Lipinski definition) is 6. The Labute approximate surface area is 204 Å². The quantitative estimate of drug-likeness (QED) is 0.446. The van der Waals surface area contributed by atoms with Gasteiger partial charge in [0.2, 0.25) is 10.0 Å². The predicted octanol–water partition coefficient (Wildman–Crippen LogP) is 5.55. The van der Waals surface area contributed by atoms with Crippen LogP contribution in [0.4, 0.5) is 5.13 Å². The van der Waals surface area contributed by atoms with Gasteiger partial charge in [0.15, 0.2) is 5.13 Å². The van der Waals surface area contributed by atoms with Crippen LogP contribution < -0.4 is 10.0 Å². The molecule has 0 spiro atoms. The van der Waals surface area contributed by atoms with E-state index in [1.807, 2.05) is 42.1 Å². The molecule has 1 aliphatic heterocycles. The fourth-order valence-electron chi connectivity index (χ4n) is 4.61. The molecular formula is C25H29N3O2S3. The van der Waals surface area contributed by atoms with E-state index in [0.29, 0.717) is 18.5 Å². The van der Waals surface area contributed by atoms with Crippen molar-refractivity contribution in [2.45, 2.75) is 48.8 Å². The number of thiazole rings is 1. The third-order valence-corrected chi connectivity index (χ3v) is 9.83. The summed E-state index contributed by atoms with van der Waals surface area (Å²) in [5.74, 6) is 1.53. The van der Waals surface area contributed by atoms with Crippen LogP contribution in [0.15, 0.2) is 59.5 Å². The van der Waals surface area contributed by atoms with Crippen LogP contribution in [0.5, 0.6) is 0 Å². The minimum atomic E-state index is -3.30. The Hall–Kier alpha value is -1.87. The van der Waals surface area contributed by atoms with Crippen LogP contribution in [0.3, 0.4) is 0 Å². The maximum atomic E-state index is 12.4. The molecule has 0 bridgehead atoms. The lowest BCUT2D eigenvalue weighted by Crippen LogP contribution is -2.34. The number of nitrogens with one attached hydrogen (secondary N) is 2. The number of benzene rings is 2. The highest BCUT2D eigenvalue weighted by atomic mass is 32.2. The summed E-state index contributed by atoms with van der Waals surface area (Å²) < 4.78 is 27.7. The molecular weight excluding hydrogens is 470 g/mol. The number of fused-ring (bicyclic) bond motifs is 3. The smallest absolute Gasteiger partial charge is 0.215 e. The van der Waals surface area contributed by atoms with Crippen molar-refractivity contribution in [3.05, 3.63) is 65.0 Å². The molecule has 1 fully saturated rings. The van der Waals surface area contributed by atoms with Crippen LogP contribution in [0.25, 0.3) is 11.3 Å². The molecule has 1 saturated carbocycles. The first-order chi connectivity index (χ1) is 16.1. The van der Waals surface area contributed by atoms with Crippen LogP contribution in [0.2, 0.25) is 0 Å². The molecule has 0 saturated heterocycles. The van der Waals surface area contributed by atoms with Crippen molar-refractivity contribution < 1.29 is 8.42 Å². The maximum absolute atomic E-state index is 12.4. The van der Waals surface area contributed by atoms with Crippen molar-refractivity contribution in [3.63, 3.8) is 0 Å². The summed E-state index contributed by atoms with van der Waals surface area (Å²) in [6.45, 7) is 0.530. The summed E-state index contributed by atoms with van der Waals surface area (Å²) in [5.41, 5.74) is 3.22. The molecule has 5 rings (SSSR count). The standard InChI is InChI=1S/C25H29N3O2S3/c29-33(30,17-19-6-2-1-3-7-19)26-16-18-10-12-20(13-11-18)27-25-28-24-21-8-4-5-9-22(21)31-15-14-23(24)32-25/h1-9,18,20,26H,10-17H2,(H,27,28). The molecule has 1 aliphatic carbocycles. The second-order valence-corrected chi connectivity index (χ2v) is 12.9. The number of aryl methyl sites for hydroxylation is 1. The van der Waals surface area contributed by atoms with E-state index in [2.05, 4.69) is 34.3 Å². The van der Waals surface area contributed by atoms with Crippen molar-refractivity contribution in [3.8, 4) is 11.3 Å². The molecule has 0 unspecified atom stereocenters. The van der Waals surface area contributed by atoms with Gasteiger partial charge in [0.05, 0.1) is 11.4 Å². The molecule has 2 aliphatic rings. The second kappa shape index (κ2) is 10.2. The SMILES string of the molecule is O=S(=O)(Cc1ccccc1)NCC1CCC(Nc2nc3c(s2)CCSc2ccccc2-3)CC1. The van der Waals surface area contributed by atoms with E-state index in [9.17, 15) is 8.42 Å². The van der Waals surface area contributed by atoms with Crippen molar-refractivity contribution in [1.82, 2.24) is 9.71 Å². The minimum absolute atomic E-state index is 0.0427. The summed E-state index contributed by atoms with van der Waals surface area (Å²) in [5, 5.41) is 4.70. The normalized spacial score (nSPS) is 20.5. The molecule has 5 nitrogen and oxygen atoms in total. The molecule has 2 heterocycles. The fourth-order valence-corrected chi connectivity index (χ4v) is 8.04. The highest BCUT2D eigenvalue weighted by Gasteiger charge is 2.25. The maximum Gasteiger partial charge on any atom is 0.215 e. The third kappa shape index (κ3) is 5.80. The van der Waals surface area contributed by atoms with Crippen molar-refractivity contribution >= 4 is 38.3 Å². The Morgan fingerprint density at radius 3 is 2.55 bits per heavy atom. The average Bonchev–Trinajstić information content (AvgIpc) is 3.13. The van der Waals surface area contributed by atoms with Crippen molar-refractivity contribution in [2.75, 3.05) is 17.6 Å². The van der Waals surface area contributed by atoms with E-state index in [0.717, 1.165) is 54.2 Å². The van der Waals surface area contributed by atoms with E-state index in [-0.39, 0.29) is 5.75 Å². The number of aromatic nitrogens is 1. The average molecular weight is 500 g/mol. The van der Waals surface area contributed by atoms with Gasteiger partial charge in [-0.15, -0.1) is 23.1 Å². The topological polar surface area (TPSA) is 71.1 Å². The lowest BCUT2D eigenvalue weighted by Gasteiger charge is -2.29. The number of thioether (sulfide) groups is 1. The van der Waals surface area contributed by atoms with Crippen molar-refractivity contribution in [2.24, 2.45) is 5.92 Å². The zero-order valence-corrected chi connectivity index (χ0v) is 20.9. The van der Waals surface area contributed by atoms with Crippen LogP contribution in [0.1, 0.15) is 36.1 Å². The van der Waals surface area contributed by atoms with Gasteiger partial charge in [-0.05, 0) is 49.7 Å². The van der Waals surface area contributed by atoms with E-state index < -0.39 is 10.0 Å². The first kappa shape index (κ1) is 22.9. The van der Waals surface area contributed by atoms with Gasteiger partial charge in [0.1, 0.15) is 0 Å². The molecule has 8 heteroatoms. The highest BCUT2D eigenvalue weighted by molar-refractivity contribution is 7.99. The van der Waals surface area contributed by atoms with Crippen LogP contribution >= 0.6 is 23.1 Å². The van der Waals surface area contributed by atoms with Crippen LogP contribution in [0, 0.1) is 5.92 Å². The number of nitrogens with zero attached hydrogens (tertiary/aromatic N) is 1. The van der Waals surface area contributed by atoms with E-state index in [4.69, 9.17) is 4.98 Å². The zero-order valence-electron chi connectivity index (χ0n) is 18.5. The monoisotopic (exact) mass is 499 g/mol.